The summed E-state index contributed by atoms with van der Waals surface area (Å²) in [5.74, 6) is 0.833. The lowest BCUT2D eigenvalue weighted by atomic mass is 10.1. The second-order valence-corrected chi connectivity index (χ2v) is 4.75. The van der Waals surface area contributed by atoms with Crippen LogP contribution in [-0.4, -0.2) is 42.5 Å². The van der Waals surface area contributed by atoms with Gasteiger partial charge < -0.3 is 14.7 Å². The van der Waals surface area contributed by atoms with Crippen molar-refractivity contribution in [1.29, 1.82) is 5.26 Å². The SMILES string of the molecule is Cc1ccc(N2CCCC(OCCO)C2)nc1C#N. The summed E-state index contributed by atoms with van der Waals surface area (Å²) in [5, 5.41) is 17.8. The van der Waals surface area contributed by atoms with Gasteiger partial charge in [0.05, 0.1) is 19.3 Å². The van der Waals surface area contributed by atoms with Gasteiger partial charge in [0.25, 0.3) is 0 Å². The van der Waals surface area contributed by atoms with E-state index in [-0.39, 0.29) is 12.7 Å². The Balaban J connectivity index is 2.07. The maximum absolute atomic E-state index is 9.03. The molecular weight excluding hydrogens is 242 g/mol. The smallest absolute Gasteiger partial charge is 0.145 e. The van der Waals surface area contributed by atoms with E-state index in [0.29, 0.717) is 12.3 Å². The van der Waals surface area contributed by atoms with E-state index in [1.54, 1.807) is 0 Å². The molecule has 102 valence electrons. The average Bonchev–Trinajstić information content (AvgIpc) is 2.46. The summed E-state index contributed by atoms with van der Waals surface area (Å²) < 4.78 is 5.58. The van der Waals surface area contributed by atoms with Crippen molar-refractivity contribution < 1.29 is 9.84 Å². The van der Waals surface area contributed by atoms with Gasteiger partial charge >= 0.3 is 0 Å². The van der Waals surface area contributed by atoms with Crippen molar-refractivity contribution >= 4 is 5.82 Å². The number of piperidine rings is 1. The summed E-state index contributed by atoms with van der Waals surface area (Å²) in [7, 11) is 0. The van der Waals surface area contributed by atoms with Crippen LogP contribution in [-0.2, 0) is 4.74 Å². The quantitative estimate of drug-likeness (QED) is 0.883. The number of aliphatic hydroxyl groups is 1. The normalized spacial score (nSPS) is 19.2. The first kappa shape index (κ1) is 13.8. The van der Waals surface area contributed by atoms with Gasteiger partial charge in [-0.1, -0.05) is 6.07 Å². The molecule has 1 aromatic rings. The highest BCUT2D eigenvalue weighted by atomic mass is 16.5. The number of pyridine rings is 1. The van der Waals surface area contributed by atoms with Gasteiger partial charge in [0.1, 0.15) is 17.6 Å². The van der Waals surface area contributed by atoms with E-state index in [1.807, 2.05) is 19.1 Å². The molecule has 2 heterocycles. The number of hydrogen-bond acceptors (Lipinski definition) is 5. The third-order valence-corrected chi connectivity index (χ3v) is 3.34. The monoisotopic (exact) mass is 261 g/mol. The number of aliphatic hydroxyl groups excluding tert-OH is 1. The number of ether oxygens (including phenoxy) is 1. The predicted molar refractivity (Wildman–Crippen MR) is 72.0 cm³/mol. The van der Waals surface area contributed by atoms with Crippen LogP contribution >= 0.6 is 0 Å². The van der Waals surface area contributed by atoms with Gasteiger partial charge in [-0.15, -0.1) is 0 Å². The fourth-order valence-corrected chi connectivity index (χ4v) is 2.31. The van der Waals surface area contributed by atoms with Crippen LogP contribution in [0, 0.1) is 18.3 Å². The number of nitrogens with zero attached hydrogens (tertiary/aromatic N) is 3. The minimum Gasteiger partial charge on any atom is -0.394 e. The van der Waals surface area contributed by atoms with Crippen LogP contribution in [0.5, 0.6) is 0 Å². The molecule has 0 aliphatic carbocycles. The maximum Gasteiger partial charge on any atom is 0.145 e. The molecule has 5 nitrogen and oxygen atoms in total. The number of rotatable bonds is 4. The van der Waals surface area contributed by atoms with E-state index in [1.165, 1.54) is 0 Å². The molecule has 1 saturated heterocycles. The van der Waals surface area contributed by atoms with Crippen molar-refractivity contribution in [1.82, 2.24) is 4.98 Å². The lowest BCUT2D eigenvalue weighted by molar-refractivity contribution is 0.0213. The first-order chi connectivity index (χ1) is 9.24. The van der Waals surface area contributed by atoms with Crippen LogP contribution in [0.25, 0.3) is 0 Å². The molecule has 0 radical (unpaired) electrons. The summed E-state index contributed by atoms with van der Waals surface area (Å²) in [5.41, 5.74) is 1.38. The highest BCUT2D eigenvalue weighted by molar-refractivity contribution is 5.45. The van der Waals surface area contributed by atoms with Crippen molar-refractivity contribution in [3.63, 3.8) is 0 Å². The molecule has 1 aliphatic rings. The van der Waals surface area contributed by atoms with Crippen molar-refractivity contribution in [3.8, 4) is 6.07 Å². The number of nitriles is 1. The standard InChI is InChI=1S/C14H19N3O2/c1-11-4-5-14(16-13(11)9-15)17-6-2-3-12(10-17)19-8-7-18/h4-5,12,18H,2-3,6-8,10H2,1H3. The van der Waals surface area contributed by atoms with E-state index in [0.717, 1.165) is 37.3 Å². The zero-order chi connectivity index (χ0) is 13.7. The largest absolute Gasteiger partial charge is 0.394 e. The van der Waals surface area contributed by atoms with Gasteiger partial charge in [0.2, 0.25) is 0 Å². The van der Waals surface area contributed by atoms with Gasteiger partial charge in [-0.3, -0.25) is 0 Å². The Morgan fingerprint density at radius 3 is 3.16 bits per heavy atom. The van der Waals surface area contributed by atoms with Gasteiger partial charge in [-0.2, -0.15) is 5.26 Å². The van der Waals surface area contributed by atoms with E-state index < -0.39 is 0 Å². The number of hydrogen-bond donors (Lipinski definition) is 1. The molecular formula is C14H19N3O2. The fourth-order valence-electron chi connectivity index (χ4n) is 2.31. The minimum atomic E-state index is 0.0534. The Hall–Kier alpha value is -1.64. The maximum atomic E-state index is 9.03. The highest BCUT2D eigenvalue weighted by Gasteiger charge is 2.21. The van der Waals surface area contributed by atoms with Gasteiger partial charge in [0, 0.05) is 13.1 Å². The topological polar surface area (TPSA) is 69.4 Å². The Bertz CT molecular complexity index is 470. The molecule has 1 unspecified atom stereocenters. The Morgan fingerprint density at radius 2 is 2.42 bits per heavy atom. The zero-order valence-corrected chi connectivity index (χ0v) is 11.2. The van der Waals surface area contributed by atoms with Crippen molar-refractivity contribution in [2.75, 3.05) is 31.2 Å². The van der Waals surface area contributed by atoms with Crippen molar-refractivity contribution in [3.05, 3.63) is 23.4 Å². The minimum absolute atomic E-state index is 0.0534. The zero-order valence-electron chi connectivity index (χ0n) is 11.2. The van der Waals surface area contributed by atoms with Crippen LogP contribution in [0.4, 0.5) is 5.82 Å². The third-order valence-electron chi connectivity index (χ3n) is 3.34. The van der Waals surface area contributed by atoms with Crippen molar-refractivity contribution in [2.45, 2.75) is 25.9 Å². The highest BCUT2D eigenvalue weighted by Crippen LogP contribution is 2.20. The van der Waals surface area contributed by atoms with E-state index in [2.05, 4.69) is 16.0 Å². The van der Waals surface area contributed by atoms with Crippen LogP contribution < -0.4 is 4.90 Å². The molecule has 0 aromatic carbocycles. The second-order valence-electron chi connectivity index (χ2n) is 4.75. The lowest BCUT2D eigenvalue weighted by Gasteiger charge is -2.33. The average molecular weight is 261 g/mol. The van der Waals surface area contributed by atoms with Crippen molar-refractivity contribution in [2.24, 2.45) is 0 Å². The summed E-state index contributed by atoms with van der Waals surface area (Å²) in [6.07, 6.45) is 2.18. The summed E-state index contributed by atoms with van der Waals surface area (Å²) >= 11 is 0. The van der Waals surface area contributed by atoms with Gasteiger partial charge in [-0.25, -0.2) is 4.98 Å². The molecule has 1 N–H and O–H groups in total. The molecule has 1 aliphatic heterocycles. The summed E-state index contributed by atoms with van der Waals surface area (Å²) in [4.78, 5) is 6.53. The first-order valence-corrected chi connectivity index (χ1v) is 6.59. The van der Waals surface area contributed by atoms with Crippen LogP contribution in [0.15, 0.2) is 12.1 Å². The molecule has 5 heteroatoms. The molecule has 2 rings (SSSR count). The van der Waals surface area contributed by atoms with Crippen LogP contribution in [0.3, 0.4) is 0 Å². The Labute approximate surface area is 113 Å². The molecule has 1 atom stereocenters. The summed E-state index contributed by atoms with van der Waals surface area (Å²) in [6, 6.07) is 6.00. The summed E-state index contributed by atoms with van der Waals surface area (Å²) in [6.45, 7) is 4.01. The molecule has 0 bridgehead atoms. The first-order valence-electron chi connectivity index (χ1n) is 6.59. The molecule has 1 aromatic heterocycles. The predicted octanol–water partition coefficient (Wildman–Crippen LogP) is 1.24. The molecule has 0 spiro atoms. The van der Waals surface area contributed by atoms with E-state index in [4.69, 9.17) is 15.1 Å². The lowest BCUT2D eigenvalue weighted by Crippen LogP contribution is -2.40. The van der Waals surface area contributed by atoms with E-state index >= 15 is 0 Å². The third kappa shape index (κ3) is 3.43. The number of aromatic nitrogens is 1. The van der Waals surface area contributed by atoms with E-state index in [9.17, 15) is 0 Å². The Kier molecular flexibility index (Phi) is 4.72. The Morgan fingerprint density at radius 1 is 1.58 bits per heavy atom. The molecule has 1 fully saturated rings. The molecule has 0 amide bonds. The fraction of sp³-hybridized carbons (Fsp3) is 0.571. The number of anilines is 1. The van der Waals surface area contributed by atoms with Gasteiger partial charge in [-0.05, 0) is 31.4 Å². The van der Waals surface area contributed by atoms with Gasteiger partial charge in [0.15, 0.2) is 0 Å². The second kappa shape index (κ2) is 6.50. The number of aryl methyl sites for hydroxylation is 1. The molecule has 0 saturated carbocycles. The van der Waals surface area contributed by atoms with Crippen LogP contribution in [0.1, 0.15) is 24.1 Å². The van der Waals surface area contributed by atoms with Crippen LogP contribution in [0.2, 0.25) is 0 Å². The molecule has 19 heavy (non-hydrogen) atoms.